The van der Waals surface area contributed by atoms with E-state index >= 15 is 0 Å². The minimum absolute atomic E-state index is 0.0793. The van der Waals surface area contributed by atoms with Gasteiger partial charge in [-0.3, -0.25) is 0 Å². The van der Waals surface area contributed by atoms with Crippen LogP contribution in [0.15, 0.2) is 146 Å². The maximum atomic E-state index is 6.56. The van der Waals surface area contributed by atoms with Gasteiger partial charge in [-0.1, -0.05) is 97.1 Å². The predicted octanol–water partition coefficient (Wildman–Crippen LogP) is 9.73. The Morgan fingerprint density at radius 2 is 0.875 bits per heavy atom. The minimum Gasteiger partial charge on any atom is -0.489 e. The summed E-state index contributed by atoms with van der Waals surface area (Å²) in [5, 5.41) is 0. The first-order chi connectivity index (χ1) is 27.7. The SMILES string of the molecule is Cc1cc2c3c(c1)N(c1cccc4c1OCCCO4)c1ccc(-c4ccccc4)cc1B3c1cc(-c3ccccc3)ccc1N2c1cccc2c1OCCCO2. The van der Waals surface area contributed by atoms with Crippen molar-refractivity contribution in [2.24, 2.45) is 0 Å². The number of ether oxygens (including phenoxy) is 4. The molecule has 0 atom stereocenters. The summed E-state index contributed by atoms with van der Waals surface area (Å²) in [4.78, 5) is 4.82. The van der Waals surface area contributed by atoms with Gasteiger partial charge in [-0.05, 0) is 99.7 Å². The third-order valence-electron chi connectivity index (χ3n) is 11.4. The summed E-state index contributed by atoms with van der Waals surface area (Å²) >= 11 is 0. The van der Waals surface area contributed by atoms with E-state index in [4.69, 9.17) is 18.9 Å². The Morgan fingerprint density at radius 1 is 0.411 bits per heavy atom. The number of hydrogen-bond acceptors (Lipinski definition) is 6. The van der Waals surface area contributed by atoms with Gasteiger partial charge in [0.05, 0.1) is 37.8 Å². The van der Waals surface area contributed by atoms with Crippen molar-refractivity contribution in [3.63, 3.8) is 0 Å². The smallest absolute Gasteiger partial charge is 0.252 e. The number of fused-ring (bicyclic) bond motifs is 6. The highest BCUT2D eigenvalue weighted by molar-refractivity contribution is 7.00. The number of para-hydroxylation sites is 2. The summed E-state index contributed by atoms with van der Waals surface area (Å²) in [5.41, 5.74) is 16.0. The van der Waals surface area contributed by atoms with Gasteiger partial charge >= 0.3 is 0 Å². The van der Waals surface area contributed by atoms with Crippen molar-refractivity contribution in [1.82, 2.24) is 0 Å². The van der Waals surface area contributed by atoms with Crippen molar-refractivity contribution in [3.05, 3.63) is 151 Å². The van der Waals surface area contributed by atoms with E-state index in [1.165, 1.54) is 38.6 Å². The molecule has 4 aliphatic rings. The summed E-state index contributed by atoms with van der Waals surface area (Å²) in [6, 6.07) is 52.6. The van der Waals surface area contributed by atoms with Crippen LogP contribution in [0.5, 0.6) is 23.0 Å². The lowest BCUT2D eigenvalue weighted by Crippen LogP contribution is -2.61. The fraction of sp³-hybridized carbons (Fsp3) is 0.143. The second-order valence-corrected chi connectivity index (χ2v) is 14.9. The van der Waals surface area contributed by atoms with Crippen LogP contribution in [0.2, 0.25) is 0 Å². The van der Waals surface area contributed by atoms with Gasteiger partial charge in [-0.2, -0.15) is 0 Å². The Morgan fingerprint density at radius 3 is 1.36 bits per heavy atom. The van der Waals surface area contributed by atoms with E-state index in [-0.39, 0.29) is 6.71 Å². The molecule has 0 aliphatic carbocycles. The Hall–Kier alpha value is -6.60. The molecule has 0 radical (unpaired) electrons. The molecule has 56 heavy (non-hydrogen) atoms. The van der Waals surface area contributed by atoms with Crippen molar-refractivity contribution in [2.45, 2.75) is 19.8 Å². The van der Waals surface area contributed by atoms with Gasteiger partial charge in [0.15, 0.2) is 23.0 Å². The van der Waals surface area contributed by atoms with Crippen LogP contribution in [-0.2, 0) is 0 Å². The molecular formula is C49H39BN2O4. The molecule has 4 heterocycles. The molecule has 272 valence electrons. The lowest BCUT2D eigenvalue weighted by Gasteiger charge is -2.45. The van der Waals surface area contributed by atoms with Crippen LogP contribution in [0.3, 0.4) is 0 Å². The third-order valence-corrected chi connectivity index (χ3v) is 11.4. The van der Waals surface area contributed by atoms with E-state index in [9.17, 15) is 0 Å². The summed E-state index contributed by atoms with van der Waals surface area (Å²) in [7, 11) is 0. The second kappa shape index (κ2) is 13.3. The van der Waals surface area contributed by atoms with Gasteiger partial charge in [0.1, 0.15) is 0 Å². The first-order valence-electron chi connectivity index (χ1n) is 19.6. The molecule has 0 spiro atoms. The van der Waals surface area contributed by atoms with E-state index in [1.54, 1.807) is 0 Å². The zero-order chi connectivity index (χ0) is 37.2. The maximum absolute atomic E-state index is 6.56. The van der Waals surface area contributed by atoms with E-state index in [2.05, 4.69) is 150 Å². The molecule has 0 saturated carbocycles. The summed E-state index contributed by atoms with van der Waals surface area (Å²) in [5.74, 6) is 3.09. The largest absolute Gasteiger partial charge is 0.489 e. The second-order valence-electron chi connectivity index (χ2n) is 14.9. The lowest BCUT2D eigenvalue weighted by molar-refractivity contribution is 0.297. The number of aryl methyl sites for hydroxylation is 1. The highest BCUT2D eigenvalue weighted by Crippen LogP contribution is 2.51. The zero-order valence-corrected chi connectivity index (χ0v) is 31.2. The van der Waals surface area contributed by atoms with E-state index in [0.717, 1.165) is 75.5 Å². The van der Waals surface area contributed by atoms with Gasteiger partial charge < -0.3 is 28.7 Å². The number of rotatable bonds is 4. The van der Waals surface area contributed by atoms with Crippen LogP contribution in [0.1, 0.15) is 18.4 Å². The van der Waals surface area contributed by atoms with Crippen LogP contribution in [-0.4, -0.2) is 33.1 Å². The molecule has 0 fully saturated rings. The Bertz CT molecular complexity index is 2470. The van der Waals surface area contributed by atoms with Crippen molar-refractivity contribution in [1.29, 1.82) is 0 Å². The quantitative estimate of drug-likeness (QED) is 0.168. The van der Waals surface area contributed by atoms with Crippen LogP contribution in [0, 0.1) is 6.92 Å². The van der Waals surface area contributed by atoms with Gasteiger partial charge in [0.2, 0.25) is 0 Å². The monoisotopic (exact) mass is 730 g/mol. The van der Waals surface area contributed by atoms with Crippen LogP contribution in [0.25, 0.3) is 22.3 Å². The first-order valence-corrected chi connectivity index (χ1v) is 19.6. The van der Waals surface area contributed by atoms with Gasteiger partial charge in [-0.25, -0.2) is 0 Å². The Labute approximate surface area is 327 Å². The molecule has 0 unspecified atom stereocenters. The predicted molar refractivity (Wildman–Crippen MR) is 227 cm³/mol. The van der Waals surface area contributed by atoms with Crippen LogP contribution >= 0.6 is 0 Å². The van der Waals surface area contributed by atoms with E-state index in [1.807, 2.05) is 12.1 Å². The Balaban J connectivity index is 1.24. The molecule has 0 bridgehead atoms. The van der Waals surface area contributed by atoms with E-state index in [0.29, 0.717) is 26.4 Å². The fourth-order valence-electron chi connectivity index (χ4n) is 8.99. The average Bonchev–Trinajstić information content (AvgIpc) is 3.65. The number of hydrogen-bond donors (Lipinski definition) is 0. The molecule has 0 saturated heterocycles. The van der Waals surface area contributed by atoms with Crippen LogP contribution < -0.4 is 45.1 Å². The van der Waals surface area contributed by atoms with Crippen LogP contribution in [0.4, 0.5) is 34.1 Å². The fourth-order valence-corrected chi connectivity index (χ4v) is 8.99. The third kappa shape index (κ3) is 5.25. The highest BCUT2D eigenvalue weighted by Gasteiger charge is 2.45. The summed E-state index contributed by atoms with van der Waals surface area (Å²) < 4.78 is 25.7. The molecule has 6 nitrogen and oxygen atoms in total. The normalized spacial score (nSPS) is 14.9. The minimum atomic E-state index is -0.0793. The molecule has 7 aromatic carbocycles. The van der Waals surface area contributed by atoms with Gasteiger partial charge in [-0.15, -0.1) is 0 Å². The number of anilines is 6. The number of benzene rings is 7. The standard InChI is InChI=1S/C49H39BN2O4/c1-32-28-43-47-44(29-32)52(42-17-9-19-46-49(42)56-27-11-25-54-46)40-23-21-36(34-14-6-3-7-15-34)31-38(40)50(47)37-30-35(33-12-4-2-5-13-33)20-22-39(37)51(43)41-16-8-18-45-48(41)55-26-10-24-53-45/h2-9,12-23,28-31H,10-11,24-27H2,1H3. The number of nitrogens with zero attached hydrogens (tertiary/aromatic N) is 2. The molecule has 0 amide bonds. The van der Waals surface area contributed by atoms with Gasteiger partial charge in [0.25, 0.3) is 6.71 Å². The van der Waals surface area contributed by atoms with Crippen molar-refractivity contribution < 1.29 is 18.9 Å². The molecular weight excluding hydrogens is 691 g/mol. The van der Waals surface area contributed by atoms with Crippen molar-refractivity contribution in [2.75, 3.05) is 36.2 Å². The topological polar surface area (TPSA) is 43.4 Å². The summed E-state index contributed by atoms with van der Waals surface area (Å²) in [6.07, 6.45) is 1.66. The molecule has 7 aromatic rings. The highest BCUT2D eigenvalue weighted by atomic mass is 16.5. The molecule has 0 N–H and O–H groups in total. The lowest BCUT2D eigenvalue weighted by atomic mass is 9.33. The molecule has 11 rings (SSSR count). The zero-order valence-electron chi connectivity index (χ0n) is 31.2. The Kier molecular flexibility index (Phi) is 7.80. The van der Waals surface area contributed by atoms with Crippen molar-refractivity contribution in [3.8, 4) is 45.3 Å². The molecule has 0 aromatic heterocycles. The van der Waals surface area contributed by atoms with Crippen molar-refractivity contribution >= 4 is 57.2 Å². The van der Waals surface area contributed by atoms with Gasteiger partial charge in [0, 0.05) is 35.6 Å². The first kappa shape index (κ1) is 32.8. The average molecular weight is 731 g/mol. The molecule has 7 heteroatoms. The maximum Gasteiger partial charge on any atom is 0.252 e. The van der Waals surface area contributed by atoms with E-state index < -0.39 is 0 Å². The molecule has 4 aliphatic heterocycles. The summed E-state index contributed by atoms with van der Waals surface area (Å²) in [6.45, 7) is 4.55.